The molecule has 3 aliphatic heterocycles. The Hall–Kier alpha value is -3.60. The van der Waals surface area contributed by atoms with Gasteiger partial charge in [0.05, 0.1) is 53.5 Å². The van der Waals surface area contributed by atoms with E-state index in [-0.39, 0.29) is 36.9 Å². The van der Waals surface area contributed by atoms with Crippen molar-refractivity contribution in [2.45, 2.75) is 123 Å². The highest BCUT2D eigenvalue weighted by molar-refractivity contribution is 7.86. The number of allylic oxidation sites excluding steroid dienone is 4. The molecule has 0 radical (unpaired) electrons. The molecular formula is C48H76N5O30P6S2+. The predicted molar refractivity (Wildman–Crippen MR) is 323 cm³/mol. The average molecular weight is 1450 g/mol. The number of ether oxygens (including phenoxy) is 1. The van der Waals surface area contributed by atoms with Crippen LogP contribution in [0.2, 0.25) is 0 Å². The Morgan fingerprint density at radius 2 is 1.20 bits per heavy atom. The maximum absolute atomic E-state index is 14.0. The predicted octanol–water partition coefficient (Wildman–Crippen LogP) is 5.90. The number of carbonyl (C=O) groups is 3. The summed E-state index contributed by atoms with van der Waals surface area (Å²) in [6.07, 6.45) is 5.17. The van der Waals surface area contributed by atoms with Gasteiger partial charge < -0.3 is 60.1 Å². The minimum absolute atomic E-state index is 0.00290. The van der Waals surface area contributed by atoms with E-state index < -0.39 is 152 Å². The first kappa shape index (κ1) is 78.1. The lowest BCUT2D eigenvalue weighted by atomic mass is 9.78. The molecule has 3 heterocycles. The number of hydrogen-bond acceptors (Lipinski definition) is 23. The Bertz CT molecular complexity index is 3700. The number of fused-ring (bicyclic) bond motifs is 2. The number of nitrogens with one attached hydrogen (secondary N) is 3. The molecule has 9 atom stereocenters. The molecule has 3 aliphatic rings. The Morgan fingerprint density at radius 1 is 0.681 bits per heavy atom. The second kappa shape index (κ2) is 31.1. The van der Waals surface area contributed by atoms with Crippen molar-refractivity contribution in [1.82, 2.24) is 16.0 Å². The second-order valence-electron chi connectivity index (χ2n) is 21.9. The molecule has 514 valence electrons. The zero-order chi connectivity index (χ0) is 68.6. The highest BCUT2D eigenvalue weighted by Crippen LogP contribution is 2.75. The third-order valence-corrected chi connectivity index (χ3v) is 24.4. The van der Waals surface area contributed by atoms with Crippen molar-refractivity contribution in [3.05, 3.63) is 82.1 Å². The SMILES string of the molecule is CCCN1C(=CC=CC2=[N+](CCC)c3cccc(C(=O)NCCCCCCOP(=O)(O)OP(=O)(O)OP(=O)(O)OP(=O)(O)OP(=O)(O)OP(=O)(O)OC[C@H]4O[C@@H](C)C[C@H]4O)c3C2(C)C)C(C)(C)c2c(C(=O)NCCS(=O)(=O)O)cc(C(=O)NCCS(=O)(=O)O)cc21. The lowest BCUT2D eigenvalue weighted by Gasteiger charge is -2.27. The van der Waals surface area contributed by atoms with Gasteiger partial charge in [-0.3, -0.25) is 32.5 Å². The number of benzene rings is 2. The van der Waals surface area contributed by atoms with Crippen LogP contribution >= 0.6 is 46.9 Å². The number of nitrogens with zero attached hydrogens (tertiary/aromatic N) is 2. The van der Waals surface area contributed by atoms with Crippen LogP contribution in [-0.4, -0.2) is 164 Å². The molecule has 0 aliphatic carbocycles. The largest absolute Gasteiger partial charge is 0.490 e. The third-order valence-electron chi connectivity index (χ3n) is 13.8. The molecule has 12 N–H and O–H groups in total. The van der Waals surface area contributed by atoms with Gasteiger partial charge in [-0.2, -0.15) is 43.0 Å². The van der Waals surface area contributed by atoms with Gasteiger partial charge in [-0.05, 0) is 64.3 Å². The minimum atomic E-state index is -6.47. The summed E-state index contributed by atoms with van der Waals surface area (Å²) in [4.78, 5) is 102. The van der Waals surface area contributed by atoms with Crippen molar-refractivity contribution in [3.63, 3.8) is 0 Å². The quantitative estimate of drug-likeness (QED) is 0.0163. The molecule has 0 saturated carbocycles. The lowest BCUT2D eigenvalue weighted by Crippen LogP contribution is -2.32. The monoisotopic (exact) mass is 1450 g/mol. The summed E-state index contributed by atoms with van der Waals surface area (Å²) < 4.78 is 173. The first-order valence-electron chi connectivity index (χ1n) is 27.8. The van der Waals surface area contributed by atoms with Crippen LogP contribution in [0.4, 0.5) is 11.4 Å². The van der Waals surface area contributed by atoms with Gasteiger partial charge in [0.1, 0.15) is 12.6 Å². The molecule has 2 aromatic carbocycles. The van der Waals surface area contributed by atoms with Crippen molar-refractivity contribution < 1.29 is 142 Å². The summed E-state index contributed by atoms with van der Waals surface area (Å²) in [5, 5.41) is 17.7. The number of amides is 3. The molecule has 1 fully saturated rings. The van der Waals surface area contributed by atoms with Crippen molar-refractivity contribution in [2.75, 3.05) is 62.3 Å². The molecule has 43 heteroatoms. The van der Waals surface area contributed by atoms with Gasteiger partial charge in [0, 0.05) is 84.7 Å². The van der Waals surface area contributed by atoms with Gasteiger partial charge in [-0.15, -0.1) is 0 Å². The molecule has 1 saturated heterocycles. The van der Waals surface area contributed by atoms with Gasteiger partial charge in [0.2, 0.25) is 5.69 Å². The number of aliphatic hydroxyl groups is 1. The maximum Gasteiger partial charge on any atom is 0.490 e. The summed E-state index contributed by atoms with van der Waals surface area (Å²) in [6, 6.07) is 8.20. The molecule has 5 rings (SSSR count). The highest BCUT2D eigenvalue weighted by atomic mass is 32.2. The van der Waals surface area contributed by atoms with E-state index in [4.69, 9.17) is 4.74 Å². The van der Waals surface area contributed by atoms with E-state index in [1.54, 1.807) is 25.1 Å². The Labute approximate surface area is 524 Å². The van der Waals surface area contributed by atoms with E-state index in [0.29, 0.717) is 61.3 Å². The molecule has 0 bridgehead atoms. The lowest BCUT2D eigenvalue weighted by molar-refractivity contribution is -0.437. The zero-order valence-electron chi connectivity index (χ0n) is 50.2. The van der Waals surface area contributed by atoms with Crippen LogP contribution in [0, 0.1) is 0 Å². The number of phosphoric ester groups is 2. The van der Waals surface area contributed by atoms with Gasteiger partial charge in [-0.25, -0.2) is 27.4 Å². The van der Waals surface area contributed by atoms with E-state index in [1.807, 2.05) is 70.7 Å². The van der Waals surface area contributed by atoms with E-state index in [0.717, 1.165) is 17.0 Å². The highest BCUT2D eigenvalue weighted by Gasteiger charge is 2.51. The van der Waals surface area contributed by atoms with Crippen molar-refractivity contribution in [1.29, 1.82) is 0 Å². The summed E-state index contributed by atoms with van der Waals surface area (Å²) in [5.41, 5.74) is 2.64. The van der Waals surface area contributed by atoms with Crippen molar-refractivity contribution >= 4 is 102 Å². The number of rotatable bonds is 36. The van der Waals surface area contributed by atoms with Crippen LogP contribution in [0.15, 0.2) is 54.3 Å². The molecule has 35 nitrogen and oxygen atoms in total. The number of hydrogen-bond donors (Lipinski definition) is 12. The summed E-state index contributed by atoms with van der Waals surface area (Å²) in [7, 11) is -45.7. The van der Waals surface area contributed by atoms with Gasteiger partial charge in [0.25, 0.3) is 38.0 Å². The number of phosphoric acid groups is 6. The smallest absolute Gasteiger partial charge is 0.390 e. The Kier molecular flexibility index (Phi) is 26.7. The summed E-state index contributed by atoms with van der Waals surface area (Å²) in [5.74, 6) is -3.48. The molecule has 91 heavy (non-hydrogen) atoms. The molecular weight excluding hydrogens is 1380 g/mol. The normalized spacial score (nSPS) is 22.5. The van der Waals surface area contributed by atoms with Gasteiger partial charge >= 0.3 is 46.9 Å². The van der Waals surface area contributed by atoms with Crippen molar-refractivity contribution in [2.24, 2.45) is 0 Å². The number of unbranched alkanes of at least 4 members (excludes halogenated alkanes) is 3. The standard InChI is InChI=1S/C48H75N5O30P6S2/c1-8-23-52-36-17-14-16-34(45(56)49-20-12-10-11-13-25-76-84(58,59)79-86(62,63)81-88(66,67)83-89(68,69)82-87(64,65)80-85(60,61)77-31-39-38(54)28-32(3)78-39)42(36)47(4,5)40(52)18-15-19-41-48(6,7)43-35(46(57)51-22-27-91(73,74)75)29-33(30-37(43)53(41)24-9-2)44(55)50-21-26-90(70,71)72/h14-19,29-30,32,38-39,54H,8-13,20-28,31H2,1-7H3,(H10-,49,50,51,55,56,57,58,59,60,61,62,63,64,65,66,67,68,69,70,71,72,73,74,75)/p+1/t32-,38+,39+/m0/s1. The maximum atomic E-state index is 14.0. The first-order valence-corrected chi connectivity index (χ1v) is 40.0. The van der Waals surface area contributed by atoms with E-state index in [1.165, 1.54) is 6.07 Å². The van der Waals surface area contributed by atoms with E-state index in [2.05, 4.69) is 51.1 Å². The minimum Gasteiger partial charge on any atom is -0.390 e. The fourth-order valence-electron chi connectivity index (χ4n) is 10.2. The molecule has 0 spiro atoms. The molecule has 3 amide bonds. The fraction of sp³-hybridized carbons (Fsp3) is 0.583. The van der Waals surface area contributed by atoms with Crippen LogP contribution in [0.25, 0.3) is 0 Å². The first-order chi connectivity index (χ1) is 41.8. The summed E-state index contributed by atoms with van der Waals surface area (Å²) in [6.45, 7) is 11.8. The molecule has 2 aromatic rings. The second-order valence-corrected chi connectivity index (χ2v) is 34.4. The average Bonchev–Trinajstić information content (AvgIpc) is 1.60. The zero-order valence-corrected chi connectivity index (χ0v) is 57.2. The Morgan fingerprint density at radius 3 is 1.73 bits per heavy atom. The van der Waals surface area contributed by atoms with Crippen LogP contribution < -0.4 is 20.9 Å². The van der Waals surface area contributed by atoms with Gasteiger partial charge in [-0.1, -0.05) is 52.7 Å². The topological polar surface area (TPSA) is 520 Å². The number of carbonyl (C=O) groups excluding carboxylic acids is 3. The summed E-state index contributed by atoms with van der Waals surface area (Å²) >= 11 is 0. The number of anilines is 1. The van der Waals surface area contributed by atoms with Crippen LogP contribution in [0.5, 0.6) is 0 Å². The Balaban J connectivity index is 1.18. The van der Waals surface area contributed by atoms with Crippen molar-refractivity contribution in [3.8, 4) is 0 Å². The van der Waals surface area contributed by atoms with Crippen LogP contribution in [-0.2, 0) is 93.8 Å². The molecule has 0 aromatic heterocycles. The third kappa shape index (κ3) is 22.8. The fourth-order valence-corrected chi connectivity index (χ4v) is 18.8. The number of aliphatic hydroxyl groups excluding tert-OH is 1. The van der Waals surface area contributed by atoms with E-state index in [9.17, 15) is 102 Å². The van der Waals surface area contributed by atoms with E-state index >= 15 is 0 Å². The van der Waals surface area contributed by atoms with Crippen LogP contribution in [0.3, 0.4) is 0 Å². The molecule has 6 unspecified atom stereocenters. The van der Waals surface area contributed by atoms with Crippen LogP contribution in [0.1, 0.15) is 136 Å². The van der Waals surface area contributed by atoms with Gasteiger partial charge in [0.15, 0.2) is 5.71 Å².